The molecule has 3 heteroatoms. The van der Waals surface area contributed by atoms with Crippen LogP contribution in [0.1, 0.15) is 17.2 Å². The Kier molecular flexibility index (Phi) is 2.98. The number of para-hydroxylation sites is 1. The second kappa shape index (κ2) is 4.63. The van der Waals surface area contributed by atoms with Crippen LogP contribution >= 0.6 is 11.6 Å². The van der Waals surface area contributed by atoms with Gasteiger partial charge in [0, 0.05) is 23.8 Å². The Balaban J connectivity index is 2.02. The third kappa shape index (κ3) is 1.88. The van der Waals surface area contributed by atoms with Gasteiger partial charge in [-0.15, -0.1) is 0 Å². The maximum atomic E-state index is 6.08. The first-order valence-corrected chi connectivity index (χ1v) is 6.47. The van der Waals surface area contributed by atoms with E-state index in [1.54, 1.807) is 0 Å². The predicted octanol–water partition coefficient (Wildman–Crippen LogP) is 3.36. The van der Waals surface area contributed by atoms with E-state index < -0.39 is 0 Å². The van der Waals surface area contributed by atoms with E-state index in [1.807, 2.05) is 18.2 Å². The molecule has 2 nitrogen and oxygen atoms in total. The lowest BCUT2D eigenvalue weighted by atomic mass is 10.1. The molecule has 1 aliphatic heterocycles. The molecule has 92 valence electrons. The Morgan fingerprint density at radius 1 is 1.17 bits per heavy atom. The van der Waals surface area contributed by atoms with E-state index in [2.05, 4.69) is 35.2 Å². The summed E-state index contributed by atoms with van der Waals surface area (Å²) in [6, 6.07) is 16.7. The fourth-order valence-electron chi connectivity index (χ4n) is 2.63. The molecule has 0 radical (unpaired) electrons. The van der Waals surface area contributed by atoms with Crippen molar-refractivity contribution in [2.75, 3.05) is 11.4 Å². The molecule has 1 unspecified atom stereocenters. The van der Waals surface area contributed by atoms with Crippen molar-refractivity contribution >= 4 is 17.3 Å². The summed E-state index contributed by atoms with van der Waals surface area (Å²) in [6.07, 6.45) is 0. The predicted molar refractivity (Wildman–Crippen MR) is 75.9 cm³/mol. The molecule has 0 fully saturated rings. The number of rotatable bonds is 2. The maximum absolute atomic E-state index is 6.08. The zero-order valence-corrected chi connectivity index (χ0v) is 10.8. The zero-order valence-electron chi connectivity index (χ0n) is 10.0. The molecule has 1 aliphatic rings. The second-order valence-corrected chi connectivity index (χ2v) is 4.99. The van der Waals surface area contributed by atoms with E-state index in [0.29, 0.717) is 6.54 Å². The molecule has 2 aromatic rings. The van der Waals surface area contributed by atoms with Gasteiger partial charge in [-0.25, -0.2) is 0 Å². The number of hydrogen-bond donors (Lipinski definition) is 1. The Bertz CT molecular complexity index is 554. The van der Waals surface area contributed by atoms with Crippen LogP contribution in [0.3, 0.4) is 0 Å². The lowest BCUT2D eigenvalue weighted by Gasteiger charge is -2.26. The topological polar surface area (TPSA) is 29.3 Å². The van der Waals surface area contributed by atoms with Gasteiger partial charge in [0.1, 0.15) is 0 Å². The summed E-state index contributed by atoms with van der Waals surface area (Å²) in [5.74, 6) is 0. The third-order valence-electron chi connectivity index (χ3n) is 3.49. The van der Waals surface area contributed by atoms with Gasteiger partial charge in [-0.2, -0.15) is 0 Å². The molecule has 3 rings (SSSR count). The fraction of sp³-hybridized carbons (Fsp3) is 0.200. The highest BCUT2D eigenvalue weighted by Crippen LogP contribution is 2.37. The van der Waals surface area contributed by atoms with Gasteiger partial charge >= 0.3 is 0 Å². The van der Waals surface area contributed by atoms with Crippen LogP contribution in [0.25, 0.3) is 0 Å². The summed E-state index contributed by atoms with van der Waals surface area (Å²) in [7, 11) is 0. The summed E-state index contributed by atoms with van der Waals surface area (Å²) in [6.45, 7) is 1.50. The molecule has 0 aliphatic carbocycles. The SMILES string of the molecule is NCC1c2cc(Cl)ccc2CN1c1ccccc1. The lowest BCUT2D eigenvalue weighted by molar-refractivity contribution is 0.679. The van der Waals surface area contributed by atoms with E-state index in [-0.39, 0.29) is 6.04 Å². The number of anilines is 1. The summed E-state index contributed by atoms with van der Waals surface area (Å²) < 4.78 is 0. The monoisotopic (exact) mass is 258 g/mol. The van der Waals surface area contributed by atoms with Gasteiger partial charge in [-0.3, -0.25) is 0 Å². The van der Waals surface area contributed by atoms with Gasteiger partial charge in [0.05, 0.1) is 6.04 Å². The minimum Gasteiger partial charge on any atom is -0.359 e. The molecular weight excluding hydrogens is 244 g/mol. The Hall–Kier alpha value is -1.51. The van der Waals surface area contributed by atoms with E-state index in [0.717, 1.165) is 11.6 Å². The highest BCUT2D eigenvalue weighted by Gasteiger charge is 2.29. The van der Waals surface area contributed by atoms with Crippen LogP contribution in [-0.2, 0) is 6.54 Å². The van der Waals surface area contributed by atoms with Crippen molar-refractivity contribution in [2.24, 2.45) is 5.73 Å². The quantitative estimate of drug-likeness (QED) is 0.895. The lowest BCUT2D eigenvalue weighted by Crippen LogP contribution is -2.27. The van der Waals surface area contributed by atoms with Crippen LogP contribution in [0, 0.1) is 0 Å². The molecule has 18 heavy (non-hydrogen) atoms. The van der Waals surface area contributed by atoms with Crippen LogP contribution in [-0.4, -0.2) is 6.54 Å². The fourth-order valence-corrected chi connectivity index (χ4v) is 2.81. The molecule has 2 aromatic carbocycles. The summed E-state index contributed by atoms with van der Waals surface area (Å²) in [5, 5.41) is 0.780. The highest BCUT2D eigenvalue weighted by molar-refractivity contribution is 6.30. The minimum absolute atomic E-state index is 0.223. The van der Waals surface area contributed by atoms with E-state index in [4.69, 9.17) is 17.3 Å². The molecule has 1 heterocycles. The molecular formula is C15H15ClN2. The average Bonchev–Trinajstić information content (AvgIpc) is 2.77. The Labute approximate surface area is 112 Å². The number of nitrogens with two attached hydrogens (primary N) is 1. The van der Waals surface area contributed by atoms with Gasteiger partial charge < -0.3 is 10.6 Å². The van der Waals surface area contributed by atoms with Gasteiger partial charge in [0.15, 0.2) is 0 Å². The number of benzene rings is 2. The summed E-state index contributed by atoms with van der Waals surface area (Å²) >= 11 is 6.08. The molecule has 0 spiro atoms. The number of hydrogen-bond acceptors (Lipinski definition) is 2. The van der Waals surface area contributed by atoms with Gasteiger partial charge in [0.25, 0.3) is 0 Å². The normalized spacial score (nSPS) is 17.9. The van der Waals surface area contributed by atoms with Crippen molar-refractivity contribution in [3.8, 4) is 0 Å². The van der Waals surface area contributed by atoms with Crippen molar-refractivity contribution in [2.45, 2.75) is 12.6 Å². The molecule has 0 bridgehead atoms. The average molecular weight is 259 g/mol. The molecule has 0 saturated heterocycles. The number of halogens is 1. The van der Waals surface area contributed by atoms with Crippen LogP contribution in [0.4, 0.5) is 5.69 Å². The molecule has 0 saturated carbocycles. The van der Waals surface area contributed by atoms with Crippen LogP contribution in [0.5, 0.6) is 0 Å². The number of fused-ring (bicyclic) bond motifs is 1. The maximum Gasteiger partial charge on any atom is 0.0672 e. The van der Waals surface area contributed by atoms with Gasteiger partial charge in [-0.05, 0) is 35.4 Å². The van der Waals surface area contributed by atoms with E-state index in [9.17, 15) is 0 Å². The van der Waals surface area contributed by atoms with Crippen LogP contribution in [0.15, 0.2) is 48.5 Å². The minimum atomic E-state index is 0.223. The van der Waals surface area contributed by atoms with E-state index >= 15 is 0 Å². The standard InChI is InChI=1S/C15H15ClN2/c16-12-7-6-11-10-18(13-4-2-1-3-5-13)15(9-17)14(11)8-12/h1-8,15H,9-10,17H2. The van der Waals surface area contributed by atoms with Crippen molar-refractivity contribution in [1.29, 1.82) is 0 Å². The largest absolute Gasteiger partial charge is 0.359 e. The molecule has 1 atom stereocenters. The first-order chi connectivity index (χ1) is 8.79. The zero-order chi connectivity index (χ0) is 12.5. The third-order valence-corrected chi connectivity index (χ3v) is 3.73. The van der Waals surface area contributed by atoms with Crippen LogP contribution < -0.4 is 10.6 Å². The van der Waals surface area contributed by atoms with E-state index in [1.165, 1.54) is 16.8 Å². The summed E-state index contributed by atoms with van der Waals surface area (Å²) in [5.41, 5.74) is 9.73. The van der Waals surface area contributed by atoms with Crippen molar-refractivity contribution in [3.63, 3.8) is 0 Å². The second-order valence-electron chi connectivity index (χ2n) is 4.56. The van der Waals surface area contributed by atoms with Gasteiger partial charge in [0.2, 0.25) is 0 Å². The number of nitrogens with zero attached hydrogens (tertiary/aromatic N) is 1. The smallest absolute Gasteiger partial charge is 0.0672 e. The molecule has 0 aromatic heterocycles. The molecule has 0 amide bonds. The first kappa shape index (κ1) is 11.6. The van der Waals surface area contributed by atoms with Crippen molar-refractivity contribution in [3.05, 3.63) is 64.7 Å². The van der Waals surface area contributed by atoms with Crippen molar-refractivity contribution in [1.82, 2.24) is 0 Å². The van der Waals surface area contributed by atoms with Crippen LogP contribution in [0.2, 0.25) is 5.02 Å². The highest BCUT2D eigenvalue weighted by atomic mass is 35.5. The Morgan fingerprint density at radius 2 is 1.94 bits per heavy atom. The molecule has 2 N–H and O–H groups in total. The van der Waals surface area contributed by atoms with Gasteiger partial charge in [-0.1, -0.05) is 35.9 Å². The first-order valence-electron chi connectivity index (χ1n) is 6.09. The van der Waals surface area contributed by atoms with Crippen molar-refractivity contribution < 1.29 is 0 Å². The summed E-state index contributed by atoms with van der Waals surface area (Å²) in [4.78, 5) is 2.33. The Morgan fingerprint density at radius 3 is 2.67 bits per heavy atom.